The van der Waals surface area contributed by atoms with Crippen molar-refractivity contribution in [1.29, 1.82) is 5.26 Å². The number of aromatic nitrogens is 2. The lowest BCUT2D eigenvalue weighted by Gasteiger charge is -2.11. The third-order valence-corrected chi connectivity index (χ3v) is 4.18. The van der Waals surface area contributed by atoms with Crippen LogP contribution in [0.2, 0.25) is 0 Å². The zero-order valence-corrected chi connectivity index (χ0v) is 9.24. The monoisotopic (exact) mass is 238 g/mol. The highest BCUT2D eigenvalue weighted by molar-refractivity contribution is 7.91. The first-order valence-electron chi connectivity index (χ1n) is 4.79. The fourth-order valence-electron chi connectivity index (χ4n) is 1.63. The van der Waals surface area contributed by atoms with Crippen molar-refractivity contribution in [2.24, 2.45) is 0 Å². The lowest BCUT2D eigenvalue weighted by atomic mass is 10.2. The summed E-state index contributed by atoms with van der Waals surface area (Å²) in [5, 5.41) is 19.2. The van der Waals surface area contributed by atoms with Gasteiger partial charge in [0.1, 0.15) is 6.07 Å². The summed E-state index contributed by atoms with van der Waals surface area (Å²) < 4.78 is 22.5. The normalized spacial score (nSPS) is 22.6. The molecule has 1 saturated heterocycles. The molecule has 16 heavy (non-hydrogen) atoms. The highest BCUT2D eigenvalue weighted by Crippen LogP contribution is 2.17. The molecule has 1 aliphatic rings. The van der Waals surface area contributed by atoms with Gasteiger partial charge in [0.25, 0.3) is 0 Å². The van der Waals surface area contributed by atoms with Gasteiger partial charge in [0, 0.05) is 6.04 Å². The summed E-state index contributed by atoms with van der Waals surface area (Å²) in [7, 11) is -2.93. The lowest BCUT2D eigenvalue weighted by molar-refractivity contribution is 0.602. The van der Waals surface area contributed by atoms with Crippen LogP contribution in [0.1, 0.15) is 12.0 Å². The summed E-state index contributed by atoms with van der Waals surface area (Å²) in [5.74, 6) is 0.633. The highest BCUT2D eigenvalue weighted by Gasteiger charge is 2.28. The van der Waals surface area contributed by atoms with E-state index in [0.717, 1.165) is 0 Å². The van der Waals surface area contributed by atoms with Gasteiger partial charge in [0.05, 0.1) is 23.3 Å². The fourth-order valence-corrected chi connectivity index (χ4v) is 3.30. The Morgan fingerprint density at radius 1 is 1.56 bits per heavy atom. The Morgan fingerprint density at radius 2 is 2.38 bits per heavy atom. The van der Waals surface area contributed by atoms with E-state index in [1.807, 2.05) is 6.07 Å². The van der Waals surface area contributed by atoms with Crippen molar-refractivity contribution in [3.63, 3.8) is 0 Å². The molecule has 84 valence electrons. The van der Waals surface area contributed by atoms with Crippen LogP contribution in [0.15, 0.2) is 12.3 Å². The van der Waals surface area contributed by atoms with Crippen molar-refractivity contribution in [2.75, 3.05) is 16.8 Å². The minimum absolute atomic E-state index is 0.0917. The van der Waals surface area contributed by atoms with Crippen molar-refractivity contribution < 1.29 is 8.42 Å². The predicted octanol–water partition coefficient (Wildman–Crippen LogP) is -0.0527. The second-order valence-electron chi connectivity index (χ2n) is 3.65. The second kappa shape index (κ2) is 4.06. The van der Waals surface area contributed by atoms with E-state index in [4.69, 9.17) is 5.26 Å². The third-order valence-electron chi connectivity index (χ3n) is 2.41. The maximum atomic E-state index is 11.2. The Morgan fingerprint density at radius 3 is 3.00 bits per heavy atom. The molecule has 0 radical (unpaired) electrons. The second-order valence-corrected chi connectivity index (χ2v) is 5.88. The number of nitrogens with zero attached hydrogens (tertiary/aromatic N) is 3. The fraction of sp³-hybridized carbons (Fsp3) is 0.444. The number of hydrogen-bond donors (Lipinski definition) is 1. The van der Waals surface area contributed by atoms with Crippen LogP contribution in [0.25, 0.3) is 0 Å². The van der Waals surface area contributed by atoms with Crippen LogP contribution in [0.5, 0.6) is 0 Å². The molecule has 2 rings (SSSR count). The zero-order valence-electron chi connectivity index (χ0n) is 8.42. The minimum atomic E-state index is -2.93. The lowest BCUT2D eigenvalue weighted by Crippen LogP contribution is -2.22. The van der Waals surface area contributed by atoms with E-state index in [1.165, 1.54) is 6.20 Å². The van der Waals surface area contributed by atoms with Crippen LogP contribution in [0.3, 0.4) is 0 Å². The molecule has 0 aliphatic carbocycles. The molecule has 1 atom stereocenters. The quantitative estimate of drug-likeness (QED) is 0.775. The summed E-state index contributed by atoms with van der Waals surface area (Å²) >= 11 is 0. The molecular formula is C9H10N4O2S. The first-order chi connectivity index (χ1) is 7.61. The maximum Gasteiger partial charge on any atom is 0.166 e. The summed E-state index contributed by atoms with van der Waals surface area (Å²) in [5.41, 5.74) is 0.374. The van der Waals surface area contributed by atoms with E-state index in [1.54, 1.807) is 6.07 Å². The molecule has 1 unspecified atom stereocenters. The van der Waals surface area contributed by atoms with Gasteiger partial charge in [-0.05, 0) is 12.5 Å². The average molecular weight is 238 g/mol. The first kappa shape index (κ1) is 10.8. The number of nitrogens with one attached hydrogen (secondary N) is 1. The average Bonchev–Trinajstić information content (AvgIpc) is 2.59. The molecule has 0 spiro atoms. The minimum Gasteiger partial charge on any atom is -0.364 e. The van der Waals surface area contributed by atoms with Crippen molar-refractivity contribution in [3.05, 3.63) is 17.8 Å². The van der Waals surface area contributed by atoms with Gasteiger partial charge < -0.3 is 5.32 Å². The molecule has 1 aromatic heterocycles. The van der Waals surface area contributed by atoms with Gasteiger partial charge in [-0.3, -0.25) is 0 Å². The van der Waals surface area contributed by atoms with E-state index in [9.17, 15) is 8.42 Å². The molecule has 2 heterocycles. The van der Waals surface area contributed by atoms with E-state index in [0.29, 0.717) is 17.8 Å². The van der Waals surface area contributed by atoms with E-state index in [-0.39, 0.29) is 17.5 Å². The Kier molecular flexibility index (Phi) is 2.75. The molecule has 0 bridgehead atoms. The van der Waals surface area contributed by atoms with Crippen LogP contribution in [0, 0.1) is 11.3 Å². The summed E-state index contributed by atoms with van der Waals surface area (Å²) in [4.78, 5) is 0. The van der Waals surface area contributed by atoms with Crippen molar-refractivity contribution >= 4 is 15.7 Å². The summed E-state index contributed by atoms with van der Waals surface area (Å²) in [6, 6.07) is 3.34. The molecular weight excluding hydrogens is 228 g/mol. The van der Waals surface area contributed by atoms with Crippen LogP contribution >= 0.6 is 0 Å². The molecule has 0 saturated carbocycles. The number of sulfone groups is 1. The summed E-state index contributed by atoms with van der Waals surface area (Å²) in [6.45, 7) is 0. The van der Waals surface area contributed by atoms with Crippen LogP contribution in [-0.2, 0) is 9.84 Å². The smallest absolute Gasteiger partial charge is 0.166 e. The zero-order chi connectivity index (χ0) is 11.6. The van der Waals surface area contributed by atoms with E-state index in [2.05, 4.69) is 15.5 Å². The van der Waals surface area contributed by atoms with Gasteiger partial charge in [-0.25, -0.2) is 8.42 Å². The Balaban J connectivity index is 2.14. The van der Waals surface area contributed by atoms with Crippen molar-refractivity contribution in [3.8, 4) is 6.07 Å². The molecule has 1 fully saturated rings. The highest BCUT2D eigenvalue weighted by atomic mass is 32.2. The number of anilines is 1. The van der Waals surface area contributed by atoms with Gasteiger partial charge in [-0.2, -0.15) is 10.4 Å². The molecule has 0 amide bonds. The van der Waals surface area contributed by atoms with Crippen molar-refractivity contribution in [2.45, 2.75) is 12.5 Å². The molecule has 6 nitrogen and oxygen atoms in total. The number of nitriles is 1. The van der Waals surface area contributed by atoms with Crippen LogP contribution in [0.4, 0.5) is 5.82 Å². The molecule has 1 aliphatic heterocycles. The van der Waals surface area contributed by atoms with Crippen LogP contribution in [-0.4, -0.2) is 36.2 Å². The Labute approximate surface area is 93.2 Å². The first-order valence-corrected chi connectivity index (χ1v) is 6.61. The van der Waals surface area contributed by atoms with E-state index >= 15 is 0 Å². The van der Waals surface area contributed by atoms with Gasteiger partial charge in [-0.1, -0.05) is 0 Å². The predicted molar refractivity (Wildman–Crippen MR) is 57.4 cm³/mol. The maximum absolute atomic E-state index is 11.2. The molecule has 1 aromatic rings. The van der Waals surface area contributed by atoms with Gasteiger partial charge in [0.2, 0.25) is 0 Å². The number of rotatable bonds is 2. The van der Waals surface area contributed by atoms with Gasteiger partial charge in [0.15, 0.2) is 15.7 Å². The topological polar surface area (TPSA) is 95.7 Å². The largest absolute Gasteiger partial charge is 0.364 e. The summed E-state index contributed by atoms with van der Waals surface area (Å²) in [6.07, 6.45) is 1.97. The molecule has 7 heteroatoms. The SMILES string of the molecule is N#Cc1ccnnc1NC1CCS(=O)(=O)C1. The third kappa shape index (κ3) is 2.28. The van der Waals surface area contributed by atoms with Gasteiger partial charge >= 0.3 is 0 Å². The van der Waals surface area contributed by atoms with E-state index < -0.39 is 9.84 Å². The van der Waals surface area contributed by atoms with Crippen molar-refractivity contribution in [1.82, 2.24) is 10.2 Å². The Bertz CT molecular complexity index is 535. The molecule has 1 N–H and O–H groups in total. The van der Waals surface area contributed by atoms with Crippen LogP contribution < -0.4 is 5.32 Å². The molecule has 0 aromatic carbocycles. The Hall–Kier alpha value is -1.68. The number of hydrogen-bond acceptors (Lipinski definition) is 6. The van der Waals surface area contributed by atoms with Gasteiger partial charge in [-0.15, -0.1) is 5.10 Å². The standard InChI is InChI=1S/C9H10N4O2S/c10-5-7-1-3-11-13-9(7)12-8-2-4-16(14,15)6-8/h1,3,8H,2,4,6H2,(H,12,13).